The number of fused-ring (bicyclic) bond motifs is 1. The summed E-state index contributed by atoms with van der Waals surface area (Å²) in [4.78, 5) is 15.2. The lowest BCUT2D eigenvalue weighted by Gasteiger charge is -2.26. The van der Waals surface area contributed by atoms with Gasteiger partial charge in [0.1, 0.15) is 5.82 Å². The number of hydrogen-bond acceptors (Lipinski definition) is 4. The van der Waals surface area contributed by atoms with E-state index in [1.807, 2.05) is 17.8 Å². The fourth-order valence-corrected chi connectivity index (χ4v) is 4.65. The maximum Gasteiger partial charge on any atom is 0.272 e. The van der Waals surface area contributed by atoms with Crippen molar-refractivity contribution in [2.75, 3.05) is 26.2 Å². The van der Waals surface area contributed by atoms with Crippen molar-refractivity contribution >= 4 is 5.91 Å². The molecule has 2 aliphatic rings. The smallest absolute Gasteiger partial charge is 0.272 e. The molecule has 30 heavy (non-hydrogen) atoms. The minimum atomic E-state index is -0.212. The lowest BCUT2D eigenvalue weighted by molar-refractivity contribution is 0.0939. The van der Waals surface area contributed by atoms with Crippen molar-refractivity contribution in [2.45, 2.75) is 51.1 Å². The zero-order valence-electron chi connectivity index (χ0n) is 17.8. The van der Waals surface area contributed by atoms with Gasteiger partial charge in [-0.05, 0) is 62.9 Å². The molecule has 1 fully saturated rings. The molecule has 162 valence electrons. The predicted octanol–water partition coefficient (Wildman–Crippen LogP) is 2.42. The Morgan fingerprint density at radius 2 is 2.10 bits per heavy atom. The fraction of sp³-hybridized carbons (Fsp3) is 0.565. The van der Waals surface area contributed by atoms with E-state index in [1.165, 1.54) is 25.3 Å². The van der Waals surface area contributed by atoms with Gasteiger partial charge in [0.25, 0.3) is 5.91 Å². The number of carbonyl (C=O) groups is 1. The third-order valence-electron chi connectivity index (χ3n) is 6.32. The Morgan fingerprint density at radius 1 is 1.27 bits per heavy atom. The zero-order chi connectivity index (χ0) is 20.9. The first-order chi connectivity index (χ1) is 14.6. The first-order valence-corrected chi connectivity index (χ1v) is 11.1. The minimum absolute atomic E-state index is 0.0744. The molecule has 0 bridgehead atoms. The number of nitrogens with one attached hydrogen (secondary N) is 2. The summed E-state index contributed by atoms with van der Waals surface area (Å²) < 4.78 is 15.3. The van der Waals surface area contributed by atoms with Gasteiger partial charge >= 0.3 is 0 Å². The molecule has 1 aromatic heterocycles. The number of benzene rings is 1. The van der Waals surface area contributed by atoms with Crippen LogP contribution in [0.2, 0.25) is 0 Å². The van der Waals surface area contributed by atoms with Crippen molar-refractivity contribution in [3.63, 3.8) is 0 Å². The molecule has 0 spiro atoms. The molecule has 1 aliphatic carbocycles. The highest BCUT2D eigenvalue weighted by atomic mass is 19.1. The summed E-state index contributed by atoms with van der Waals surface area (Å²) in [5, 5.41) is 11.1. The summed E-state index contributed by atoms with van der Waals surface area (Å²) in [7, 11) is 1.92. The van der Waals surface area contributed by atoms with Crippen LogP contribution in [0.4, 0.5) is 4.39 Å². The molecular weight excluding hydrogens is 381 g/mol. The number of nitrogens with zero attached hydrogens (tertiary/aromatic N) is 3. The third kappa shape index (κ3) is 5.08. The van der Waals surface area contributed by atoms with Crippen LogP contribution in [0.15, 0.2) is 24.3 Å². The third-order valence-corrected chi connectivity index (χ3v) is 6.32. The Bertz CT molecular complexity index is 874. The summed E-state index contributed by atoms with van der Waals surface area (Å²) >= 11 is 0. The Morgan fingerprint density at radius 3 is 2.90 bits per heavy atom. The molecule has 1 aromatic carbocycles. The van der Waals surface area contributed by atoms with Gasteiger partial charge in [-0.3, -0.25) is 9.48 Å². The molecule has 6 nitrogen and oxygen atoms in total. The number of hydrogen-bond donors (Lipinski definition) is 2. The highest BCUT2D eigenvalue weighted by Gasteiger charge is 2.28. The van der Waals surface area contributed by atoms with Gasteiger partial charge in [0.2, 0.25) is 0 Å². The Kier molecular flexibility index (Phi) is 6.79. The molecule has 4 rings (SSSR count). The van der Waals surface area contributed by atoms with Gasteiger partial charge in [-0.25, -0.2) is 4.39 Å². The molecule has 0 saturated carbocycles. The first kappa shape index (κ1) is 21.0. The minimum Gasteiger partial charge on any atom is -0.349 e. The molecule has 1 saturated heterocycles. The molecule has 1 unspecified atom stereocenters. The number of carbonyl (C=O) groups excluding carboxylic acids is 1. The summed E-state index contributed by atoms with van der Waals surface area (Å²) in [6, 6.07) is 6.94. The maximum absolute atomic E-state index is 13.4. The molecule has 7 heteroatoms. The largest absolute Gasteiger partial charge is 0.349 e. The number of rotatable bonds is 7. The average Bonchev–Trinajstić information content (AvgIpc) is 3.09. The van der Waals surface area contributed by atoms with E-state index in [0.717, 1.165) is 55.7 Å². The quantitative estimate of drug-likeness (QED) is 0.732. The second-order valence-corrected chi connectivity index (χ2v) is 8.51. The molecule has 2 heterocycles. The molecule has 2 N–H and O–H groups in total. The van der Waals surface area contributed by atoms with Gasteiger partial charge in [-0.15, -0.1) is 0 Å². The summed E-state index contributed by atoms with van der Waals surface area (Å²) in [6.07, 6.45) is 6.47. The van der Waals surface area contributed by atoms with Gasteiger partial charge in [0.15, 0.2) is 5.69 Å². The van der Waals surface area contributed by atoms with Gasteiger partial charge < -0.3 is 15.5 Å². The normalized spacial score (nSPS) is 19.5. The zero-order valence-corrected chi connectivity index (χ0v) is 17.8. The van der Waals surface area contributed by atoms with Gasteiger partial charge in [-0.1, -0.05) is 18.6 Å². The second kappa shape index (κ2) is 9.71. The van der Waals surface area contributed by atoms with Crippen LogP contribution in [0.25, 0.3) is 0 Å². The first-order valence-electron chi connectivity index (χ1n) is 11.1. The van der Waals surface area contributed by atoms with E-state index in [0.29, 0.717) is 18.8 Å². The Hall–Kier alpha value is -2.25. The topological polar surface area (TPSA) is 62.2 Å². The van der Waals surface area contributed by atoms with Crippen molar-refractivity contribution in [1.29, 1.82) is 0 Å². The van der Waals surface area contributed by atoms with E-state index in [9.17, 15) is 9.18 Å². The van der Waals surface area contributed by atoms with Crippen molar-refractivity contribution in [3.8, 4) is 0 Å². The standard InChI is InChI=1S/C23H32FN5O/c1-28-21-9-8-19(26-16-17-6-5-7-18(24)14-17)15-20(21)22(27-28)23(30)25-10-13-29-11-3-2-4-12-29/h5-7,14,19,26H,2-4,8-13,15-16H2,1H3,(H,25,30). The van der Waals surface area contributed by atoms with Gasteiger partial charge in [0, 0.05) is 44.0 Å². The van der Waals surface area contributed by atoms with Crippen LogP contribution in [-0.2, 0) is 26.4 Å². The summed E-state index contributed by atoms with van der Waals surface area (Å²) in [5.41, 5.74) is 3.70. The maximum atomic E-state index is 13.4. The number of piperidine rings is 1. The van der Waals surface area contributed by atoms with Crippen LogP contribution >= 0.6 is 0 Å². The number of likely N-dealkylation sites (tertiary alicyclic amines) is 1. The van der Waals surface area contributed by atoms with E-state index in [4.69, 9.17) is 0 Å². The number of halogens is 1. The average molecular weight is 414 g/mol. The molecule has 0 radical (unpaired) electrons. The van der Waals surface area contributed by atoms with Crippen LogP contribution in [0.3, 0.4) is 0 Å². The lowest BCUT2D eigenvalue weighted by atomic mass is 9.91. The Balaban J connectivity index is 1.34. The van der Waals surface area contributed by atoms with Gasteiger partial charge in [0.05, 0.1) is 0 Å². The van der Waals surface area contributed by atoms with Crippen LogP contribution in [0.1, 0.15) is 53.0 Å². The monoisotopic (exact) mass is 413 g/mol. The molecule has 1 aliphatic heterocycles. The molecule has 2 aromatic rings. The molecule has 1 atom stereocenters. The molecule has 1 amide bonds. The predicted molar refractivity (Wildman–Crippen MR) is 115 cm³/mol. The SMILES string of the molecule is Cn1nc(C(=O)NCCN2CCCCC2)c2c1CCC(NCc1cccc(F)c1)C2. The highest BCUT2D eigenvalue weighted by Crippen LogP contribution is 2.24. The lowest BCUT2D eigenvalue weighted by Crippen LogP contribution is -2.38. The summed E-state index contributed by atoms with van der Waals surface area (Å²) in [5.74, 6) is -0.286. The van der Waals surface area contributed by atoms with Crippen LogP contribution in [0, 0.1) is 5.82 Å². The van der Waals surface area contributed by atoms with Crippen molar-refractivity contribution in [2.24, 2.45) is 7.05 Å². The second-order valence-electron chi connectivity index (χ2n) is 8.51. The van der Waals surface area contributed by atoms with Crippen LogP contribution in [-0.4, -0.2) is 52.8 Å². The fourth-order valence-electron chi connectivity index (χ4n) is 4.65. The van der Waals surface area contributed by atoms with Crippen LogP contribution < -0.4 is 10.6 Å². The number of amides is 1. The van der Waals surface area contributed by atoms with Gasteiger partial charge in [-0.2, -0.15) is 5.10 Å². The molecular formula is C23H32FN5O. The number of aryl methyl sites for hydroxylation is 1. The van der Waals surface area contributed by atoms with E-state index >= 15 is 0 Å². The van der Waals surface area contributed by atoms with Crippen LogP contribution in [0.5, 0.6) is 0 Å². The highest BCUT2D eigenvalue weighted by molar-refractivity contribution is 5.94. The van der Waals surface area contributed by atoms with E-state index < -0.39 is 0 Å². The number of aromatic nitrogens is 2. The summed E-state index contributed by atoms with van der Waals surface area (Å²) in [6.45, 7) is 4.44. The Labute approximate surface area is 177 Å². The van der Waals surface area contributed by atoms with Crippen molar-refractivity contribution < 1.29 is 9.18 Å². The van der Waals surface area contributed by atoms with E-state index in [2.05, 4.69) is 20.6 Å². The van der Waals surface area contributed by atoms with Crippen molar-refractivity contribution in [1.82, 2.24) is 25.3 Å². The van der Waals surface area contributed by atoms with Crippen molar-refractivity contribution in [3.05, 3.63) is 52.6 Å². The van der Waals surface area contributed by atoms with E-state index in [1.54, 1.807) is 12.1 Å². The van der Waals surface area contributed by atoms with E-state index in [-0.39, 0.29) is 17.8 Å².